The molecule has 5 N–H and O–H groups in total. The van der Waals surface area contributed by atoms with Gasteiger partial charge in [-0.25, -0.2) is 0 Å². The second-order valence-electron chi connectivity index (χ2n) is 7.33. The predicted octanol–water partition coefficient (Wildman–Crippen LogP) is 0.353. The number of benzene rings is 2. The van der Waals surface area contributed by atoms with E-state index < -0.39 is 37.3 Å². The summed E-state index contributed by atoms with van der Waals surface area (Å²) in [6.45, 7) is -0.588. The molecule has 3 aromatic rings. The number of rotatable bonds is 5. The van der Waals surface area contributed by atoms with Gasteiger partial charge in [0.15, 0.2) is 16.9 Å². The van der Waals surface area contributed by atoms with Crippen LogP contribution in [0.15, 0.2) is 51.7 Å². The fourth-order valence-corrected chi connectivity index (χ4v) is 3.49. The highest BCUT2D eigenvalue weighted by Gasteiger charge is 2.44. The Labute approximate surface area is 181 Å². The van der Waals surface area contributed by atoms with Crippen LogP contribution in [-0.4, -0.2) is 70.0 Å². The van der Waals surface area contributed by atoms with Gasteiger partial charge in [0.1, 0.15) is 41.5 Å². The van der Waals surface area contributed by atoms with Crippen LogP contribution in [-0.2, 0) is 4.74 Å². The van der Waals surface area contributed by atoms with Crippen molar-refractivity contribution in [2.24, 2.45) is 0 Å². The molecule has 10 nitrogen and oxygen atoms in total. The van der Waals surface area contributed by atoms with Crippen LogP contribution < -0.4 is 14.9 Å². The molecule has 2 heterocycles. The molecule has 32 heavy (non-hydrogen) atoms. The minimum absolute atomic E-state index is 0.118. The van der Waals surface area contributed by atoms with Crippen molar-refractivity contribution in [2.45, 2.75) is 30.7 Å². The summed E-state index contributed by atoms with van der Waals surface area (Å²) in [5.41, 5.74) is 0.295. The molecule has 1 aromatic heterocycles. The summed E-state index contributed by atoms with van der Waals surface area (Å²) < 4.78 is 21.8. The molecule has 1 fully saturated rings. The zero-order valence-corrected chi connectivity index (χ0v) is 16.9. The first-order valence-corrected chi connectivity index (χ1v) is 9.75. The molecule has 170 valence electrons. The molecule has 0 spiro atoms. The van der Waals surface area contributed by atoms with Crippen molar-refractivity contribution in [3.8, 4) is 28.6 Å². The number of methoxy groups -OCH3 is 1. The third kappa shape index (κ3) is 4.01. The van der Waals surface area contributed by atoms with E-state index in [-0.39, 0.29) is 39.4 Å². The average Bonchev–Trinajstić information content (AvgIpc) is 2.79. The van der Waals surface area contributed by atoms with Crippen molar-refractivity contribution >= 4 is 11.0 Å². The molecule has 0 amide bonds. The van der Waals surface area contributed by atoms with E-state index in [1.165, 1.54) is 43.5 Å². The van der Waals surface area contributed by atoms with Crippen molar-refractivity contribution in [1.29, 1.82) is 0 Å². The van der Waals surface area contributed by atoms with Gasteiger partial charge in [0.2, 0.25) is 6.29 Å². The lowest BCUT2D eigenvalue weighted by Gasteiger charge is -2.39. The number of phenolic OH excluding ortho intramolecular Hbond substituents is 1. The zero-order chi connectivity index (χ0) is 23.0. The minimum atomic E-state index is -1.58. The summed E-state index contributed by atoms with van der Waals surface area (Å²) in [7, 11) is 1.42. The van der Waals surface area contributed by atoms with Crippen molar-refractivity contribution in [2.75, 3.05) is 13.7 Å². The van der Waals surface area contributed by atoms with E-state index in [9.17, 15) is 30.3 Å². The molecule has 1 aliphatic rings. The number of ether oxygens (including phenoxy) is 3. The molecule has 0 unspecified atom stereocenters. The molecule has 5 atom stereocenters. The smallest absolute Gasteiger partial charge is 0.229 e. The fourth-order valence-electron chi connectivity index (χ4n) is 3.49. The summed E-state index contributed by atoms with van der Waals surface area (Å²) in [5.74, 6) is 0.504. The normalized spacial score (nSPS) is 25.6. The van der Waals surface area contributed by atoms with Gasteiger partial charge in [-0.3, -0.25) is 4.79 Å². The first-order valence-electron chi connectivity index (χ1n) is 9.75. The fraction of sp³-hybridized carbons (Fsp3) is 0.318. The van der Waals surface area contributed by atoms with Crippen LogP contribution in [0.5, 0.6) is 17.2 Å². The molecule has 1 saturated heterocycles. The Kier molecular flexibility index (Phi) is 6.04. The Morgan fingerprint density at radius 3 is 2.47 bits per heavy atom. The Balaban J connectivity index is 1.66. The highest BCUT2D eigenvalue weighted by atomic mass is 16.7. The van der Waals surface area contributed by atoms with E-state index in [4.69, 9.17) is 18.6 Å². The maximum Gasteiger partial charge on any atom is 0.229 e. The van der Waals surface area contributed by atoms with E-state index in [1.807, 2.05) is 0 Å². The molecule has 0 bridgehead atoms. The summed E-state index contributed by atoms with van der Waals surface area (Å²) in [4.78, 5) is 12.6. The summed E-state index contributed by atoms with van der Waals surface area (Å²) in [5, 5.41) is 49.5. The van der Waals surface area contributed by atoms with Crippen LogP contribution >= 0.6 is 0 Å². The largest absolute Gasteiger partial charge is 0.504 e. The van der Waals surface area contributed by atoms with Gasteiger partial charge < -0.3 is 44.2 Å². The van der Waals surface area contributed by atoms with Crippen molar-refractivity contribution in [3.63, 3.8) is 0 Å². The molecule has 1 aliphatic heterocycles. The quantitative estimate of drug-likeness (QED) is 0.370. The third-order valence-corrected chi connectivity index (χ3v) is 5.26. The van der Waals surface area contributed by atoms with Crippen LogP contribution in [0, 0.1) is 0 Å². The van der Waals surface area contributed by atoms with Gasteiger partial charge in [0, 0.05) is 17.7 Å². The number of phenols is 1. The van der Waals surface area contributed by atoms with E-state index in [1.54, 1.807) is 6.07 Å². The minimum Gasteiger partial charge on any atom is -0.504 e. The van der Waals surface area contributed by atoms with Gasteiger partial charge in [-0.1, -0.05) is 0 Å². The van der Waals surface area contributed by atoms with Gasteiger partial charge in [-0.05, 0) is 30.3 Å². The van der Waals surface area contributed by atoms with Crippen molar-refractivity contribution in [3.05, 3.63) is 52.7 Å². The monoisotopic (exact) mass is 446 g/mol. The van der Waals surface area contributed by atoms with Gasteiger partial charge in [-0.15, -0.1) is 0 Å². The summed E-state index contributed by atoms with van der Waals surface area (Å²) in [6.07, 6.45) is -7.17. The average molecular weight is 446 g/mol. The van der Waals surface area contributed by atoms with Crippen LogP contribution in [0.2, 0.25) is 0 Å². The SMILES string of the molecule is COc1ccc(-c2cc(=O)c3ccc(O[C@@H]4O[C@H](CO)[C@@H](O)[C@H](O)[C@H]4O)cc3o2)cc1O. The number of aliphatic hydroxyl groups is 4. The number of hydrogen-bond acceptors (Lipinski definition) is 10. The topological polar surface area (TPSA) is 159 Å². The Morgan fingerprint density at radius 2 is 1.78 bits per heavy atom. The van der Waals surface area contributed by atoms with Gasteiger partial charge in [0.25, 0.3) is 0 Å². The third-order valence-electron chi connectivity index (χ3n) is 5.26. The van der Waals surface area contributed by atoms with Crippen LogP contribution in [0.25, 0.3) is 22.3 Å². The van der Waals surface area contributed by atoms with Crippen LogP contribution in [0.3, 0.4) is 0 Å². The molecule has 4 rings (SSSR count). The number of aromatic hydroxyl groups is 1. The summed E-state index contributed by atoms with van der Waals surface area (Å²) in [6, 6.07) is 10.2. The Bertz CT molecular complexity index is 1170. The lowest BCUT2D eigenvalue weighted by Crippen LogP contribution is -2.60. The van der Waals surface area contributed by atoms with Gasteiger partial charge in [0.05, 0.1) is 19.1 Å². The van der Waals surface area contributed by atoms with Crippen LogP contribution in [0.4, 0.5) is 0 Å². The molecular weight excluding hydrogens is 424 g/mol. The molecule has 0 aliphatic carbocycles. The maximum absolute atomic E-state index is 12.6. The zero-order valence-electron chi connectivity index (χ0n) is 16.9. The highest BCUT2D eigenvalue weighted by Crippen LogP contribution is 2.33. The lowest BCUT2D eigenvalue weighted by atomic mass is 9.99. The maximum atomic E-state index is 12.6. The highest BCUT2D eigenvalue weighted by molar-refractivity contribution is 5.80. The number of hydrogen-bond donors (Lipinski definition) is 5. The lowest BCUT2D eigenvalue weighted by molar-refractivity contribution is -0.277. The Morgan fingerprint density at radius 1 is 1.00 bits per heavy atom. The number of aliphatic hydroxyl groups excluding tert-OH is 4. The van der Waals surface area contributed by atoms with Crippen molar-refractivity contribution in [1.82, 2.24) is 0 Å². The van der Waals surface area contributed by atoms with Crippen LogP contribution in [0.1, 0.15) is 0 Å². The molecular formula is C22H22O10. The van der Waals surface area contributed by atoms with E-state index >= 15 is 0 Å². The second-order valence-corrected chi connectivity index (χ2v) is 7.33. The van der Waals surface area contributed by atoms with E-state index in [2.05, 4.69) is 0 Å². The van der Waals surface area contributed by atoms with E-state index in [0.717, 1.165) is 0 Å². The first-order chi connectivity index (χ1) is 15.3. The predicted molar refractivity (Wildman–Crippen MR) is 111 cm³/mol. The molecule has 0 radical (unpaired) electrons. The second kappa shape index (κ2) is 8.77. The van der Waals surface area contributed by atoms with Gasteiger partial charge in [-0.2, -0.15) is 0 Å². The molecule has 0 saturated carbocycles. The van der Waals surface area contributed by atoms with Crippen molar-refractivity contribution < 1.29 is 44.2 Å². The van der Waals surface area contributed by atoms with E-state index in [0.29, 0.717) is 5.56 Å². The standard InChI is InChI=1S/C22H22O10/c1-29-15-5-2-10(6-14(15)25)16-8-13(24)12-4-3-11(7-17(12)31-16)30-22-21(28)20(27)19(26)18(9-23)32-22/h2-8,18-23,25-28H,9H2,1H3/t18-,19-,20+,21-,22-/m1/s1. The number of fused-ring (bicyclic) bond motifs is 1. The Hall–Kier alpha value is -3.15. The van der Waals surface area contributed by atoms with Gasteiger partial charge >= 0.3 is 0 Å². The summed E-state index contributed by atoms with van der Waals surface area (Å²) >= 11 is 0. The molecule has 2 aromatic carbocycles. The molecule has 10 heteroatoms. The first kappa shape index (κ1) is 22.1.